The molecule has 1 amide bonds. The van der Waals surface area contributed by atoms with E-state index in [0.717, 1.165) is 42.9 Å². The van der Waals surface area contributed by atoms with Crippen LogP contribution in [0, 0.1) is 6.92 Å². The number of benzene rings is 1. The number of piperidine rings is 1. The summed E-state index contributed by atoms with van der Waals surface area (Å²) in [5.74, 6) is -0.116. The van der Waals surface area contributed by atoms with Gasteiger partial charge in [-0.25, -0.2) is 0 Å². The number of carbonyl (C=O) groups excluding carboxylic acids is 2. The Morgan fingerprint density at radius 2 is 1.93 bits per heavy atom. The van der Waals surface area contributed by atoms with E-state index in [9.17, 15) is 9.59 Å². The molecule has 2 aromatic rings. The van der Waals surface area contributed by atoms with Gasteiger partial charge in [-0.1, -0.05) is 11.6 Å². The standard InChI is InChI=1S/C21H24ClN3O2/c1-13-19-16(6-5-7-18(19)26)24-20(13)21(27)23-14-8-9-17(15(22)12-14)25-10-3-2-4-11-25/h8-9,12,24H,2-7,10-11H2,1H3,(H,23,27). The summed E-state index contributed by atoms with van der Waals surface area (Å²) in [6.45, 7) is 3.87. The van der Waals surface area contributed by atoms with Gasteiger partial charge in [-0.15, -0.1) is 0 Å². The zero-order valence-electron chi connectivity index (χ0n) is 15.5. The number of H-pyrrole nitrogens is 1. The van der Waals surface area contributed by atoms with Crippen molar-refractivity contribution in [1.82, 2.24) is 4.98 Å². The lowest BCUT2D eigenvalue weighted by atomic mass is 9.94. The minimum absolute atomic E-state index is 0.123. The van der Waals surface area contributed by atoms with Gasteiger partial charge >= 0.3 is 0 Å². The van der Waals surface area contributed by atoms with Crippen LogP contribution in [0.4, 0.5) is 11.4 Å². The van der Waals surface area contributed by atoms with Crippen LogP contribution in [0.1, 0.15) is 64.2 Å². The second kappa shape index (κ2) is 7.39. The van der Waals surface area contributed by atoms with E-state index in [1.165, 1.54) is 19.3 Å². The van der Waals surface area contributed by atoms with Gasteiger partial charge in [0.15, 0.2) is 5.78 Å². The third-order valence-electron chi connectivity index (χ3n) is 5.57. The van der Waals surface area contributed by atoms with Crippen LogP contribution in [0.5, 0.6) is 0 Å². The number of rotatable bonds is 3. The van der Waals surface area contributed by atoms with Gasteiger partial charge in [-0.05, 0) is 62.8 Å². The summed E-state index contributed by atoms with van der Waals surface area (Å²) in [6.07, 6.45) is 5.84. The van der Waals surface area contributed by atoms with Gasteiger partial charge in [0, 0.05) is 36.5 Å². The molecule has 142 valence electrons. The van der Waals surface area contributed by atoms with E-state index in [1.54, 1.807) is 6.07 Å². The third kappa shape index (κ3) is 3.48. The normalized spacial score (nSPS) is 17.0. The summed E-state index contributed by atoms with van der Waals surface area (Å²) >= 11 is 6.48. The molecule has 1 saturated heterocycles. The lowest BCUT2D eigenvalue weighted by molar-refractivity contribution is 0.0971. The number of hydrogen-bond donors (Lipinski definition) is 2. The summed E-state index contributed by atoms with van der Waals surface area (Å²) in [5, 5.41) is 3.56. The Morgan fingerprint density at radius 1 is 1.15 bits per heavy atom. The number of nitrogens with zero attached hydrogens (tertiary/aromatic N) is 1. The van der Waals surface area contributed by atoms with E-state index in [4.69, 9.17) is 11.6 Å². The minimum Gasteiger partial charge on any atom is -0.370 e. The van der Waals surface area contributed by atoms with Crippen molar-refractivity contribution in [3.8, 4) is 0 Å². The van der Waals surface area contributed by atoms with Crippen LogP contribution in [0.15, 0.2) is 18.2 Å². The average molecular weight is 386 g/mol. The topological polar surface area (TPSA) is 65.2 Å². The number of aryl methyl sites for hydroxylation is 1. The Labute approximate surface area is 164 Å². The first-order valence-electron chi connectivity index (χ1n) is 9.65. The first-order valence-corrected chi connectivity index (χ1v) is 10.0. The molecule has 6 heteroatoms. The number of fused-ring (bicyclic) bond motifs is 1. The van der Waals surface area contributed by atoms with Gasteiger partial charge < -0.3 is 15.2 Å². The number of hydrogen-bond acceptors (Lipinski definition) is 3. The van der Waals surface area contributed by atoms with E-state index < -0.39 is 0 Å². The van der Waals surface area contributed by atoms with Crippen LogP contribution in [0.3, 0.4) is 0 Å². The molecule has 1 fully saturated rings. The van der Waals surface area contributed by atoms with Crippen molar-refractivity contribution >= 4 is 34.7 Å². The molecule has 0 unspecified atom stereocenters. The minimum atomic E-state index is -0.239. The molecule has 2 N–H and O–H groups in total. The number of carbonyl (C=O) groups is 2. The monoisotopic (exact) mass is 385 g/mol. The predicted molar refractivity (Wildman–Crippen MR) is 108 cm³/mol. The third-order valence-corrected chi connectivity index (χ3v) is 5.87. The van der Waals surface area contributed by atoms with Crippen LogP contribution in [0.2, 0.25) is 5.02 Å². The highest BCUT2D eigenvalue weighted by atomic mass is 35.5. The highest BCUT2D eigenvalue weighted by molar-refractivity contribution is 6.33. The number of anilines is 2. The number of amides is 1. The Morgan fingerprint density at radius 3 is 2.63 bits per heavy atom. The fraction of sp³-hybridized carbons (Fsp3) is 0.429. The Bertz CT molecular complexity index is 897. The van der Waals surface area contributed by atoms with E-state index in [0.29, 0.717) is 28.4 Å². The van der Waals surface area contributed by atoms with Crippen molar-refractivity contribution in [2.75, 3.05) is 23.3 Å². The number of Topliss-reactive ketones (excluding diaryl/α,β-unsaturated/α-hetero) is 1. The molecule has 0 saturated carbocycles. The second-order valence-electron chi connectivity index (χ2n) is 7.42. The number of aromatic nitrogens is 1. The molecule has 0 spiro atoms. The quantitative estimate of drug-likeness (QED) is 0.802. The van der Waals surface area contributed by atoms with Gasteiger partial charge in [0.2, 0.25) is 0 Å². The second-order valence-corrected chi connectivity index (χ2v) is 7.83. The smallest absolute Gasteiger partial charge is 0.272 e. The van der Waals surface area contributed by atoms with Gasteiger partial charge in [-0.2, -0.15) is 0 Å². The van der Waals surface area contributed by atoms with Crippen LogP contribution in [0.25, 0.3) is 0 Å². The van der Waals surface area contributed by atoms with Crippen LogP contribution >= 0.6 is 11.6 Å². The van der Waals surface area contributed by atoms with Gasteiger partial charge in [-0.3, -0.25) is 9.59 Å². The van der Waals surface area contributed by atoms with Gasteiger partial charge in [0.25, 0.3) is 5.91 Å². The summed E-state index contributed by atoms with van der Waals surface area (Å²) in [7, 11) is 0. The molecule has 0 radical (unpaired) electrons. The first-order chi connectivity index (χ1) is 13.0. The molecule has 0 atom stereocenters. The number of nitrogens with one attached hydrogen (secondary N) is 2. The zero-order chi connectivity index (χ0) is 19.0. The molecular weight excluding hydrogens is 362 g/mol. The van der Waals surface area contributed by atoms with Gasteiger partial charge in [0.05, 0.1) is 10.7 Å². The largest absolute Gasteiger partial charge is 0.370 e. The van der Waals surface area contributed by atoms with Crippen molar-refractivity contribution in [2.24, 2.45) is 0 Å². The maximum atomic E-state index is 12.8. The highest BCUT2D eigenvalue weighted by Crippen LogP contribution is 2.31. The van der Waals surface area contributed by atoms with Crippen molar-refractivity contribution in [3.05, 3.63) is 45.7 Å². The molecule has 1 aliphatic heterocycles. The fourth-order valence-corrected chi connectivity index (χ4v) is 4.47. The maximum absolute atomic E-state index is 12.8. The molecule has 1 aromatic carbocycles. The number of ketones is 1. The summed E-state index contributed by atoms with van der Waals surface area (Å²) in [4.78, 5) is 30.4. The number of aromatic amines is 1. The molecule has 2 heterocycles. The molecule has 1 aliphatic carbocycles. The molecule has 4 rings (SSSR count). The van der Waals surface area contributed by atoms with E-state index in [1.807, 2.05) is 19.1 Å². The first kappa shape index (κ1) is 18.1. The van der Waals surface area contributed by atoms with E-state index >= 15 is 0 Å². The summed E-state index contributed by atoms with van der Waals surface area (Å²) < 4.78 is 0. The van der Waals surface area contributed by atoms with E-state index in [2.05, 4.69) is 15.2 Å². The van der Waals surface area contributed by atoms with Crippen LogP contribution < -0.4 is 10.2 Å². The van der Waals surface area contributed by atoms with Crippen molar-refractivity contribution < 1.29 is 9.59 Å². The fourth-order valence-electron chi connectivity index (χ4n) is 4.17. The molecule has 1 aromatic heterocycles. The molecule has 0 bridgehead atoms. The summed E-state index contributed by atoms with van der Waals surface area (Å²) in [5.41, 5.74) is 4.46. The Hall–Kier alpha value is -2.27. The average Bonchev–Trinajstić information content (AvgIpc) is 3.01. The maximum Gasteiger partial charge on any atom is 0.272 e. The van der Waals surface area contributed by atoms with Crippen LogP contribution in [-0.4, -0.2) is 29.8 Å². The Balaban J connectivity index is 1.53. The Kier molecular flexibility index (Phi) is 4.96. The number of halogens is 1. The lowest BCUT2D eigenvalue weighted by Crippen LogP contribution is -2.29. The predicted octanol–water partition coefficient (Wildman–Crippen LogP) is 4.74. The molecule has 2 aliphatic rings. The van der Waals surface area contributed by atoms with Gasteiger partial charge in [0.1, 0.15) is 5.69 Å². The summed E-state index contributed by atoms with van der Waals surface area (Å²) in [6, 6.07) is 5.66. The lowest BCUT2D eigenvalue weighted by Gasteiger charge is -2.29. The van der Waals surface area contributed by atoms with E-state index in [-0.39, 0.29) is 11.7 Å². The molecular formula is C21H24ClN3O2. The van der Waals surface area contributed by atoms with Crippen LogP contribution in [-0.2, 0) is 6.42 Å². The van der Waals surface area contributed by atoms with Crippen molar-refractivity contribution in [3.63, 3.8) is 0 Å². The van der Waals surface area contributed by atoms with Crippen molar-refractivity contribution in [2.45, 2.75) is 45.4 Å². The molecule has 27 heavy (non-hydrogen) atoms. The zero-order valence-corrected chi connectivity index (χ0v) is 16.3. The van der Waals surface area contributed by atoms with Crippen molar-refractivity contribution in [1.29, 1.82) is 0 Å². The molecule has 5 nitrogen and oxygen atoms in total. The SMILES string of the molecule is Cc1c(C(=O)Nc2ccc(N3CCCCC3)c(Cl)c2)[nH]c2c1C(=O)CCC2. The highest BCUT2D eigenvalue weighted by Gasteiger charge is 2.26.